The lowest BCUT2D eigenvalue weighted by molar-refractivity contribution is -0.128. The van der Waals surface area contributed by atoms with E-state index in [0.717, 1.165) is 0 Å². The molecule has 0 fully saturated rings. The van der Waals surface area contributed by atoms with Crippen molar-refractivity contribution in [1.29, 1.82) is 0 Å². The molecule has 3 rings (SSSR count). The van der Waals surface area contributed by atoms with E-state index in [0.29, 0.717) is 28.0 Å². The summed E-state index contributed by atoms with van der Waals surface area (Å²) in [4.78, 5) is 16.5. The van der Waals surface area contributed by atoms with Crippen LogP contribution in [0.3, 0.4) is 0 Å². The molecule has 0 aliphatic carbocycles. The van der Waals surface area contributed by atoms with Crippen LogP contribution in [0, 0.1) is 0 Å². The number of carbonyl (C=O) groups excluding carboxylic acids is 1. The SMILES string of the molecule is CC(C)(Oc1ccc(Cl)cc1)C(=O)Nc1ccc(Oc2ccncc2)cc1. The fourth-order valence-electron chi connectivity index (χ4n) is 2.27. The first-order valence-electron chi connectivity index (χ1n) is 8.36. The van der Waals surface area contributed by atoms with Gasteiger partial charge in [0.15, 0.2) is 5.60 Å². The van der Waals surface area contributed by atoms with Gasteiger partial charge in [0.05, 0.1) is 0 Å². The summed E-state index contributed by atoms with van der Waals surface area (Å²) in [5.74, 6) is 1.66. The number of nitrogens with zero attached hydrogens (tertiary/aromatic N) is 1. The van der Waals surface area contributed by atoms with Crippen molar-refractivity contribution in [2.45, 2.75) is 19.4 Å². The zero-order valence-electron chi connectivity index (χ0n) is 15.0. The molecule has 1 N–H and O–H groups in total. The van der Waals surface area contributed by atoms with Gasteiger partial charge in [-0.25, -0.2) is 0 Å². The van der Waals surface area contributed by atoms with E-state index >= 15 is 0 Å². The molecule has 0 spiro atoms. The Balaban J connectivity index is 1.61. The van der Waals surface area contributed by atoms with Gasteiger partial charge in [-0.1, -0.05) is 11.6 Å². The van der Waals surface area contributed by atoms with Gasteiger partial charge in [0.2, 0.25) is 0 Å². The summed E-state index contributed by atoms with van der Waals surface area (Å²) in [6.07, 6.45) is 3.32. The van der Waals surface area contributed by atoms with Gasteiger partial charge in [0.1, 0.15) is 17.2 Å². The lowest BCUT2D eigenvalue weighted by Crippen LogP contribution is -2.42. The second-order valence-electron chi connectivity index (χ2n) is 6.33. The Hall–Kier alpha value is -3.05. The smallest absolute Gasteiger partial charge is 0.267 e. The van der Waals surface area contributed by atoms with Crippen molar-refractivity contribution in [1.82, 2.24) is 4.98 Å². The van der Waals surface area contributed by atoms with E-state index in [1.165, 1.54) is 0 Å². The highest BCUT2D eigenvalue weighted by molar-refractivity contribution is 6.30. The minimum atomic E-state index is -1.06. The summed E-state index contributed by atoms with van der Waals surface area (Å²) >= 11 is 5.87. The Morgan fingerprint density at radius 1 is 0.889 bits per heavy atom. The lowest BCUT2D eigenvalue weighted by atomic mass is 10.1. The number of ether oxygens (including phenoxy) is 2. The number of hydrogen-bond donors (Lipinski definition) is 1. The van der Waals surface area contributed by atoms with E-state index < -0.39 is 5.60 Å². The fourth-order valence-corrected chi connectivity index (χ4v) is 2.40. The monoisotopic (exact) mass is 382 g/mol. The molecule has 5 nitrogen and oxygen atoms in total. The van der Waals surface area contributed by atoms with Gasteiger partial charge in [0.25, 0.3) is 5.91 Å². The first-order valence-corrected chi connectivity index (χ1v) is 8.74. The third-order valence-corrected chi connectivity index (χ3v) is 3.98. The topological polar surface area (TPSA) is 60.5 Å². The molecule has 0 radical (unpaired) electrons. The summed E-state index contributed by atoms with van der Waals surface area (Å²) in [5.41, 5.74) is -0.407. The number of amides is 1. The molecule has 0 bridgehead atoms. The fraction of sp³-hybridized carbons (Fsp3) is 0.143. The molecule has 0 saturated carbocycles. The van der Waals surface area contributed by atoms with Crippen molar-refractivity contribution < 1.29 is 14.3 Å². The zero-order chi connectivity index (χ0) is 19.3. The van der Waals surface area contributed by atoms with Gasteiger partial charge in [-0.3, -0.25) is 9.78 Å². The number of nitrogens with one attached hydrogen (secondary N) is 1. The number of anilines is 1. The molecule has 0 aliphatic heterocycles. The van der Waals surface area contributed by atoms with Gasteiger partial charge in [0, 0.05) is 23.1 Å². The van der Waals surface area contributed by atoms with Crippen molar-refractivity contribution in [3.05, 3.63) is 78.1 Å². The molecule has 1 heterocycles. The van der Waals surface area contributed by atoms with Crippen molar-refractivity contribution >= 4 is 23.2 Å². The molecule has 2 aromatic carbocycles. The van der Waals surface area contributed by atoms with Crippen LogP contribution < -0.4 is 14.8 Å². The molecule has 0 aliphatic rings. The number of rotatable bonds is 6. The van der Waals surface area contributed by atoms with Gasteiger partial charge >= 0.3 is 0 Å². The quantitative estimate of drug-likeness (QED) is 0.626. The number of carbonyl (C=O) groups is 1. The second-order valence-corrected chi connectivity index (χ2v) is 6.77. The average molecular weight is 383 g/mol. The molecular formula is C21H19ClN2O3. The highest BCUT2D eigenvalue weighted by Crippen LogP contribution is 2.24. The van der Waals surface area contributed by atoms with E-state index in [2.05, 4.69) is 10.3 Å². The molecule has 1 amide bonds. The van der Waals surface area contributed by atoms with Crippen molar-refractivity contribution in [2.75, 3.05) is 5.32 Å². The third kappa shape index (κ3) is 5.21. The molecule has 27 heavy (non-hydrogen) atoms. The van der Waals surface area contributed by atoms with Crippen molar-refractivity contribution in [2.24, 2.45) is 0 Å². The zero-order valence-corrected chi connectivity index (χ0v) is 15.7. The van der Waals surface area contributed by atoms with E-state index in [1.807, 2.05) is 0 Å². The number of benzene rings is 2. The van der Waals surface area contributed by atoms with Crippen LogP contribution in [0.1, 0.15) is 13.8 Å². The molecule has 0 atom stereocenters. The second kappa shape index (κ2) is 8.10. The normalized spacial score (nSPS) is 10.9. The maximum atomic E-state index is 12.6. The maximum absolute atomic E-state index is 12.6. The first-order chi connectivity index (χ1) is 12.9. The molecule has 0 unspecified atom stereocenters. The standard InChI is InChI=1S/C21H19ClN2O3/c1-21(2,27-19-7-3-15(22)4-8-19)20(25)24-16-5-9-17(10-6-16)26-18-11-13-23-14-12-18/h3-14H,1-2H3,(H,24,25). The summed E-state index contributed by atoms with van der Waals surface area (Å²) in [7, 11) is 0. The van der Waals surface area contributed by atoms with Crippen LogP contribution in [0.25, 0.3) is 0 Å². The van der Waals surface area contributed by atoms with Crippen LogP contribution in [0.5, 0.6) is 17.2 Å². The van der Waals surface area contributed by atoms with E-state index in [9.17, 15) is 4.79 Å². The van der Waals surface area contributed by atoms with Gasteiger partial charge < -0.3 is 14.8 Å². The Kier molecular flexibility index (Phi) is 5.62. The van der Waals surface area contributed by atoms with Gasteiger partial charge in [-0.2, -0.15) is 0 Å². The van der Waals surface area contributed by atoms with Gasteiger partial charge in [-0.05, 0) is 74.5 Å². The molecule has 0 saturated heterocycles. The van der Waals surface area contributed by atoms with Crippen LogP contribution in [0.15, 0.2) is 73.1 Å². The minimum absolute atomic E-state index is 0.264. The molecule has 3 aromatic rings. The van der Waals surface area contributed by atoms with Crippen LogP contribution in [0.2, 0.25) is 5.02 Å². The minimum Gasteiger partial charge on any atom is -0.478 e. The lowest BCUT2D eigenvalue weighted by Gasteiger charge is -2.25. The highest BCUT2D eigenvalue weighted by Gasteiger charge is 2.30. The molecule has 138 valence electrons. The largest absolute Gasteiger partial charge is 0.478 e. The summed E-state index contributed by atoms with van der Waals surface area (Å²) in [6, 6.07) is 17.5. The molecule has 6 heteroatoms. The van der Waals surface area contributed by atoms with E-state index in [4.69, 9.17) is 21.1 Å². The Labute approximate surface area is 162 Å². The first kappa shape index (κ1) is 18.7. The van der Waals surface area contributed by atoms with E-state index in [1.54, 1.807) is 86.9 Å². The van der Waals surface area contributed by atoms with E-state index in [-0.39, 0.29) is 5.91 Å². The highest BCUT2D eigenvalue weighted by atomic mass is 35.5. The Morgan fingerprint density at radius 3 is 2.07 bits per heavy atom. The van der Waals surface area contributed by atoms with Crippen LogP contribution in [0.4, 0.5) is 5.69 Å². The average Bonchev–Trinajstić information content (AvgIpc) is 2.66. The van der Waals surface area contributed by atoms with Gasteiger partial charge in [-0.15, -0.1) is 0 Å². The summed E-state index contributed by atoms with van der Waals surface area (Å²) < 4.78 is 11.5. The van der Waals surface area contributed by atoms with Crippen LogP contribution in [-0.2, 0) is 4.79 Å². The van der Waals surface area contributed by atoms with Crippen molar-refractivity contribution in [3.8, 4) is 17.2 Å². The third-order valence-electron chi connectivity index (χ3n) is 3.73. The number of aromatic nitrogens is 1. The Morgan fingerprint density at radius 2 is 1.44 bits per heavy atom. The summed E-state index contributed by atoms with van der Waals surface area (Å²) in [5, 5.41) is 3.46. The predicted octanol–water partition coefficient (Wildman–Crippen LogP) is 5.32. The van der Waals surface area contributed by atoms with Crippen molar-refractivity contribution in [3.63, 3.8) is 0 Å². The molecule has 1 aromatic heterocycles. The van der Waals surface area contributed by atoms with Crippen LogP contribution >= 0.6 is 11.6 Å². The maximum Gasteiger partial charge on any atom is 0.267 e. The number of halogens is 1. The number of pyridine rings is 1. The Bertz CT molecular complexity index is 895. The molecular weight excluding hydrogens is 364 g/mol. The van der Waals surface area contributed by atoms with Crippen LogP contribution in [-0.4, -0.2) is 16.5 Å². The predicted molar refractivity (Wildman–Crippen MR) is 106 cm³/mol. The summed E-state index contributed by atoms with van der Waals surface area (Å²) in [6.45, 7) is 3.41. The number of hydrogen-bond acceptors (Lipinski definition) is 4.